The molecule has 0 fully saturated rings. The number of aromatic hydroxyl groups is 1. The maximum Gasteiger partial charge on any atom is 0.305 e. The third-order valence-corrected chi connectivity index (χ3v) is 3.39. The summed E-state index contributed by atoms with van der Waals surface area (Å²) in [4.78, 5) is 24.8. The molecule has 1 aromatic carbocycles. The van der Waals surface area contributed by atoms with Crippen molar-refractivity contribution in [3.05, 3.63) is 29.8 Å². The van der Waals surface area contributed by atoms with Gasteiger partial charge in [0.1, 0.15) is 12.4 Å². The average Bonchev–Trinajstić information content (AvgIpc) is 2.93. The molecule has 1 aromatic rings. The molecule has 0 bridgehead atoms. The Morgan fingerprint density at radius 2 is 2.18 bits per heavy atom. The van der Waals surface area contributed by atoms with E-state index in [1.54, 1.807) is 17.0 Å². The quantitative estimate of drug-likeness (QED) is 0.630. The van der Waals surface area contributed by atoms with Crippen LogP contribution in [0.15, 0.2) is 29.4 Å². The second-order valence-corrected chi connectivity index (χ2v) is 4.85. The lowest BCUT2D eigenvalue weighted by Crippen LogP contribution is -2.47. The Labute approximate surface area is 127 Å². The fraction of sp³-hybridized carbons (Fsp3) is 0.357. The number of para-hydroxylation sites is 1. The van der Waals surface area contributed by atoms with Crippen LogP contribution in [0, 0.1) is 0 Å². The van der Waals surface area contributed by atoms with E-state index in [0.29, 0.717) is 13.1 Å². The number of carbonyl (C=O) groups is 2. The number of benzene rings is 1. The van der Waals surface area contributed by atoms with Crippen LogP contribution < -0.4 is 10.7 Å². The number of phenols is 1. The van der Waals surface area contributed by atoms with E-state index in [4.69, 9.17) is 5.11 Å². The highest BCUT2D eigenvalue weighted by atomic mass is 16.4. The minimum Gasteiger partial charge on any atom is -0.507 e. The number of phenolic OH excluding ortho intramolecular Hbond substituents is 1. The van der Waals surface area contributed by atoms with E-state index in [1.807, 2.05) is 6.92 Å². The smallest absolute Gasteiger partial charge is 0.305 e. The number of nitrogens with one attached hydrogen (secondary N) is 2. The van der Waals surface area contributed by atoms with Crippen molar-refractivity contribution in [2.45, 2.75) is 25.8 Å². The molecule has 22 heavy (non-hydrogen) atoms. The Morgan fingerprint density at radius 3 is 2.82 bits per heavy atom. The van der Waals surface area contributed by atoms with E-state index in [9.17, 15) is 14.7 Å². The second-order valence-electron chi connectivity index (χ2n) is 4.85. The zero-order valence-electron chi connectivity index (χ0n) is 12.1. The SMILES string of the molecule is CCC(CC(=O)O)N1CNN=C1NC(=O)c1ccccc1O. The highest BCUT2D eigenvalue weighted by molar-refractivity contribution is 6.07. The van der Waals surface area contributed by atoms with Crippen molar-refractivity contribution >= 4 is 17.8 Å². The number of hydrogen-bond acceptors (Lipinski definition) is 6. The summed E-state index contributed by atoms with van der Waals surface area (Å²) >= 11 is 0. The monoisotopic (exact) mass is 306 g/mol. The molecule has 118 valence electrons. The van der Waals surface area contributed by atoms with Crippen LogP contribution in [0.5, 0.6) is 5.75 Å². The molecular weight excluding hydrogens is 288 g/mol. The first-order valence-corrected chi connectivity index (χ1v) is 6.91. The molecule has 0 spiro atoms. The summed E-state index contributed by atoms with van der Waals surface area (Å²) in [7, 11) is 0. The number of carboxylic acids is 1. The maximum absolute atomic E-state index is 12.2. The van der Waals surface area contributed by atoms with E-state index in [2.05, 4.69) is 15.8 Å². The second kappa shape index (κ2) is 6.79. The van der Waals surface area contributed by atoms with Gasteiger partial charge in [0, 0.05) is 6.04 Å². The Hall–Kier alpha value is -2.77. The van der Waals surface area contributed by atoms with Gasteiger partial charge in [-0.3, -0.25) is 20.3 Å². The molecule has 1 aliphatic rings. The Kier molecular flexibility index (Phi) is 4.82. The molecule has 1 unspecified atom stereocenters. The molecule has 1 heterocycles. The molecule has 0 radical (unpaired) electrons. The average molecular weight is 306 g/mol. The number of carboxylic acid groups (broad SMARTS) is 1. The Morgan fingerprint density at radius 1 is 1.45 bits per heavy atom. The number of rotatable bonds is 5. The van der Waals surface area contributed by atoms with Crippen molar-refractivity contribution in [2.75, 3.05) is 6.67 Å². The predicted molar refractivity (Wildman–Crippen MR) is 79.2 cm³/mol. The van der Waals surface area contributed by atoms with Gasteiger partial charge in [-0.15, -0.1) is 5.10 Å². The zero-order valence-corrected chi connectivity index (χ0v) is 12.1. The van der Waals surface area contributed by atoms with Crippen LogP contribution in [-0.2, 0) is 4.79 Å². The van der Waals surface area contributed by atoms with Crippen molar-refractivity contribution in [2.24, 2.45) is 5.10 Å². The van der Waals surface area contributed by atoms with Crippen LogP contribution in [0.25, 0.3) is 0 Å². The number of carbonyl (C=O) groups excluding carboxylic acids is 1. The summed E-state index contributed by atoms with van der Waals surface area (Å²) in [5.74, 6) is -1.29. The van der Waals surface area contributed by atoms with Crippen molar-refractivity contribution in [1.29, 1.82) is 0 Å². The van der Waals surface area contributed by atoms with Crippen LogP contribution in [0.1, 0.15) is 30.1 Å². The fourth-order valence-electron chi connectivity index (χ4n) is 2.24. The van der Waals surface area contributed by atoms with Crippen LogP contribution >= 0.6 is 0 Å². The van der Waals surface area contributed by atoms with E-state index >= 15 is 0 Å². The molecule has 1 amide bonds. The number of aliphatic carboxylic acids is 1. The Balaban J connectivity index is 2.09. The zero-order chi connectivity index (χ0) is 16.1. The molecule has 8 heteroatoms. The van der Waals surface area contributed by atoms with Crippen molar-refractivity contribution < 1.29 is 19.8 Å². The van der Waals surface area contributed by atoms with Gasteiger partial charge in [-0.2, -0.15) is 0 Å². The van der Waals surface area contributed by atoms with Crippen LogP contribution in [-0.4, -0.2) is 45.7 Å². The molecule has 1 aliphatic heterocycles. The van der Waals surface area contributed by atoms with Crippen molar-refractivity contribution in [3.8, 4) is 5.75 Å². The van der Waals surface area contributed by atoms with Gasteiger partial charge in [-0.25, -0.2) is 0 Å². The largest absolute Gasteiger partial charge is 0.507 e. The van der Waals surface area contributed by atoms with E-state index in [-0.39, 0.29) is 29.7 Å². The first-order chi connectivity index (χ1) is 10.5. The van der Waals surface area contributed by atoms with Crippen molar-refractivity contribution in [1.82, 2.24) is 15.6 Å². The summed E-state index contributed by atoms with van der Waals surface area (Å²) < 4.78 is 0. The summed E-state index contributed by atoms with van der Waals surface area (Å²) in [6.07, 6.45) is 0.545. The van der Waals surface area contributed by atoms with E-state index in [0.717, 1.165) is 0 Å². The first-order valence-electron chi connectivity index (χ1n) is 6.91. The number of amides is 1. The Bertz CT molecular complexity index is 602. The van der Waals surface area contributed by atoms with Gasteiger partial charge in [0.15, 0.2) is 0 Å². The number of guanidine groups is 1. The van der Waals surface area contributed by atoms with Gasteiger partial charge in [0.05, 0.1) is 12.0 Å². The first kappa shape index (κ1) is 15.6. The molecular formula is C14H18N4O4. The number of hydrazone groups is 1. The van der Waals surface area contributed by atoms with Gasteiger partial charge in [-0.05, 0) is 18.6 Å². The topological polar surface area (TPSA) is 114 Å². The molecule has 0 aromatic heterocycles. The normalized spacial score (nSPS) is 15.0. The number of hydrogen-bond donors (Lipinski definition) is 4. The van der Waals surface area contributed by atoms with Gasteiger partial charge in [0.25, 0.3) is 5.91 Å². The third kappa shape index (κ3) is 3.46. The van der Waals surface area contributed by atoms with E-state index < -0.39 is 11.9 Å². The highest BCUT2D eigenvalue weighted by Crippen LogP contribution is 2.16. The minimum absolute atomic E-state index is 0.0519. The van der Waals surface area contributed by atoms with Gasteiger partial charge < -0.3 is 15.1 Å². The van der Waals surface area contributed by atoms with Crippen LogP contribution in [0.3, 0.4) is 0 Å². The van der Waals surface area contributed by atoms with Gasteiger partial charge in [0.2, 0.25) is 5.96 Å². The summed E-state index contributed by atoms with van der Waals surface area (Å²) in [6, 6.07) is 5.89. The molecule has 0 saturated carbocycles. The van der Waals surface area contributed by atoms with Crippen LogP contribution in [0.2, 0.25) is 0 Å². The lowest BCUT2D eigenvalue weighted by molar-refractivity contribution is -0.138. The maximum atomic E-state index is 12.2. The lowest BCUT2D eigenvalue weighted by atomic mass is 10.1. The van der Waals surface area contributed by atoms with Gasteiger partial charge >= 0.3 is 5.97 Å². The molecule has 8 nitrogen and oxygen atoms in total. The molecule has 0 saturated heterocycles. The van der Waals surface area contributed by atoms with Gasteiger partial charge in [-0.1, -0.05) is 19.1 Å². The fourth-order valence-corrected chi connectivity index (χ4v) is 2.24. The predicted octanol–water partition coefficient (Wildman–Crippen LogP) is 0.509. The molecule has 0 aliphatic carbocycles. The third-order valence-electron chi connectivity index (χ3n) is 3.39. The van der Waals surface area contributed by atoms with Crippen molar-refractivity contribution in [3.63, 3.8) is 0 Å². The summed E-state index contributed by atoms with van der Waals surface area (Å²) in [6.45, 7) is 2.19. The van der Waals surface area contributed by atoms with Crippen LogP contribution in [0.4, 0.5) is 0 Å². The standard InChI is InChI=1S/C14H18N4O4/c1-2-9(7-12(20)21)18-8-15-17-14(18)16-13(22)10-5-3-4-6-11(10)19/h3-6,9,15,19H,2,7-8H2,1H3,(H,20,21)(H,16,17,22). The molecule has 1 atom stereocenters. The lowest BCUT2D eigenvalue weighted by Gasteiger charge is -2.27. The molecule has 4 N–H and O–H groups in total. The molecule has 2 rings (SSSR count). The van der Waals surface area contributed by atoms with E-state index in [1.165, 1.54) is 12.1 Å². The minimum atomic E-state index is -0.912. The summed E-state index contributed by atoms with van der Waals surface area (Å²) in [5, 5.41) is 25.2. The number of nitrogens with zero attached hydrogens (tertiary/aromatic N) is 2. The summed E-state index contributed by atoms with van der Waals surface area (Å²) in [5.41, 5.74) is 2.85. The highest BCUT2D eigenvalue weighted by Gasteiger charge is 2.28.